The summed E-state index contributed by atoms with van der Waals surface area (Å²) >= 11 is 0. The van der Waals surface area contributed by atoms with Crippen molar-refractivity contribution in [3.63, 3.8) is 0 Å². The number of nitrogens with one attached hydrogen (secondary N) is 1. The summed E-state index contributed by atoms with van der Waals surface area (Å²) in [4.78, 5) is 14.2. The number of nitrogens with zero attached hydrogens (tertiary/aromatic N) is 1. The Hall–Kier alpha value is -1.75. The van der Waals surface area contributed by atoms with Gasteiger partial charge in [-0.25, -0.2) is 0 Å². The van der Waals surface area contributed by atoms with Crippen LogP contribution in [0.2, 0.25) is 0 Å². The molecule has 5 heteroatoms. The zero-order valence-electron chi connectivity index (χ0n) is 12.1. The molecule has 0 aromatic heterocycles. The van der Waals surface area contributed by atoms with E-state index in [9.17, 15) is 4.79 Å². The molecule has 1 aromatic carbocycles. The second-order valence-electron chi connectivity index (χ2n) is 4.34. The molecule has 0 aliphatic rings. The predicted octanol–water partition coefficient (Wildman–Crippen LogP) is 1.95. The molecule has 1 atom stereocenters. The molecule has 0 fully saturated rings. The molecule has 0 radical (unpaired) electrons. The van der Waals surface area contributed by atoms with Gasteiger partial charge in [-0.1, -0.05) is 13.8 Å². The summed E-state index contributed by atoms with van der Waals surface area (Å²) in [6, 6.07) is 5.03. The van der Waals surface area contributed by atoms with Gasteiger partial charge in [-0.05, 0) is 32.1 Å². The lowest BCUT2D eigenvalue weighted by Crippen LogP contribution is -2.41. The van der Waals surface area contributed by atoms with Gasteiger partial charge in [-0.3, -0.25) is 9.69 Å². The zero-order chi connectivity index (χ0) is 14.4. The van der Waals surface area contributed by atoms with E-state index >= 15 is 0 Å². The highest BCUT2D eigenvalue weighted by Crippen LogP contribution is 2.24. The minimum Gasteiger partial charge on any atom is -0.497 e. The molecular formula is C14H23N3O2. The van der Waals surface area contributed by atoms with Gasteiger partial charge in [0.1, 0.15) is 5.75 Å². The number of hydrogen-bond donors (Lipinski definition) is 2. The fraction of sp³-hybridized carbons (Fsp3) is 0.500. The predicted molar refractivity (Wildman–Crippen MR) is 78.4 cm³/mol. The number of ether oxygens (including phenoxy) is 1. The number of anilines is 2. The van der Waals surface area contributed by atoms with Crippen LogP contribution in [-0.4, -0.2) is 37.0 Å². The second kappa shape index (κ2) is 6.99. The second-order valence-corrected chi connectivity index (χ2v) is 4.34. The van der Waals surface area contributed by atoms with E-state index in [-0.39, 0.29) is 11.9 Å². The topological polar surface area (TPSA) is 67.6 Å². The maximum Gasteiger partial charge on any atom is 0.241 e. The molecule has 1 unspecified atom stereocenters. The van der Waals surface area contributed by atoms with E-state index in [0.29, 0.717) is 17.1 Å². The van der Waals surface area contributed by atoms with Crippen LogP contribution in [0.3, 0.4) is 0 Å². The summed E-state index contributed by atoms with van der Waals surface area (Å²) in [5, 5.41) is 2.85. The standard InChI is InChI=1S/C14H23N3O2/c1-5-17(6-2)10(3)14(18)16-13-8-7-11(19-4)9-12(13)15/h7-10H,5-6,15H2,1-4H3,(H,16,18). The molecule has 106 valence electrons. The Morgan fingerprint density at radius 2 is 2.05 bits per heavy atom. The quantitative estimate of drug-likeness (QED) is 0.771. The van der Waals surface area contributed by atoms with Crippen molar-refractivity contribution in [3.8, 4) is 5.75 Å². The molecule has 19 heavy (non-hydrogen) atoms. The van der Waals surface area contributed by atoms with Crippen LogP contribution in [0.5, 0.6) is 5.75 Å². The van der Waals surface area contributed by atoms with Crippen molar-refractivity contribution in [2.24, 2.45) is 0 Å². The van der Waals surface area contributed by atoms with Crippen LogP contribution >= 0.6 is 0 Å². The van der Waals surface area contributed by atoms with Crippen molar-refractivity contribution < 1.29 is 9.53 Å². The van der Waals surface area contributed by atoms with E-state index in [4.69, 9.17) is 10.5 Å². The summed E-state index contributed by atoms with van der Waals surface area (Å²) in [5.41, 5.74) is 6.99. The van der Waals surface area contributed by atoms with Crippen molar-refractivity contribution in [3.05, 3.63) is 18.2 Å². The number of likely N-dealkylation sites (N-methyl/N-ethyl adjacent to an activating group) is 1. The molecule has 0 aliphatic carbocycles. The minimum atomic E-state index is -0.184. The van der Waals surface area contributed by atoms with E-state index in [1.807, 2.05) is 20.8 Å². The molecule has 0 aliphatic heterocycles. The van der Waals surface area contributed by atoms with Crippen LogP contribution in [0.4, 0.5) is 11.4 Å². The molecule has 0 spiro atoms. The minimum absolute atomic E-state index is 0.0550. The summed E-state index contributed by atoms with van der Waals surface area (Å²) in [6.07, 6.45) is 0. The molecule has 0 bridgehead atoms. The lowest BCUT2D eigenvalue weighted by molar-refractivity contribution is -0.120. The van der Waals surface area contributed by atoms with Crippen LogP contribution in [-0.2, 0) is 4.79 Å². The lowest BCUT2D eigenvalue weighted by atomic mass is 10.2. The van der Waals surface area contributed by atoms with Crippen LogP contribution < -0.4 is 15.8 Å². The number of carbonyl (C=O) groups is 1. The van der Waals surface area contributed by atoms with Crippen molar-refractivity contribution in [1.29, 1.82) is 0 Å². The smallest absolute Gasteiger partial charge is 0.241 e. The lowest BCUT2D eigenvalue weighted by Gasteiger charge is -2.25. The van der Waals surface area contributed by atoms with Gasteiger partial charge in [0.15, 0.2) is 0 Å². The average molecular weight is 265 g/mol. The third-order valence-corrected chi connectivity index (χ3v) is 3.26. The molecule has 0 heterocycles. The van der Waals surface area contributed by atoms with Gasteiger partial charge in [0, 0.05) is 6.07 Å². The molecule has 5 nitrogen and oxygen atoms in total. The van der Waals surface area contributed by atoms with Gasteiger partial charge >= 0.3 is 0 Å². The summed E-state index contributed by atoms with van der Waals surface area (Å²) in [6.45, 7) is 7.64. The molecule has 0 saturated heterocycles. The first-order valence-corrected chi connectivity index (χ1v) is 6.51. The maximum atomic E-state index is 12.1. The van der Waals surface area contributed by atoms with Gasteiger partial charge in [0.05, 0.1) is 24.5 Å². The maximum absolute atomic E-state index is 12.1. The van der Waals surface area contributed by atoms with E-state index in [1.54, 1.807) is 25.3 Å². The van der Waals surface area contributed by atoms with E-state index in [2.05, 4.69) is 10.2 Å². The van der Waals surface area contributed by atoms with Crippen LogP contribution in [0.25, 0.3) is 0 Å². The first kappa shape index (κ1) is 15.3. The molecule has 1 rings (SSSR count). The number of hydrogen-bond acceptors (Lipinski definition) is 4. The Morgan fingerprint density at radius 3 is 2.53 bits per heavy atom. The van der Waals surface area contributed by atoms with Crippen molar-refractivity contribution in [2.75, 3.05) is 31.2 Å². The Bertz CT molecular complexity index is 431. The Balaban J connectivity index is 2.76. The van der Waals surface area contributed by atoms with Crippen LogP contribution in [0.1, 0.15) is 20.8 Å². The summed E-state index contributed by atoms with van der Waals surface area (Å²) in [5.74, 6) is 0.618. The number of rotatable bonds is 6. The Kier molecular flexibility index (Phi) is 5.63. The number of methoxy groups -OCH3 is 1. The Morgan fingerprint density at radius 1 is 1.42 bits per heavy atom. The van der Waals surface area contributed by atoms with E-state index < -0.39 is 0 Å². The van der Waals surface area contributed by atoms with E-state index in [0.717, 1.165) is 13.1 Å². The zero-order valence-corrected chi connectivity index (χ0v) is 12.1. The first-order chi connectivity index (χ1) is 9.03. The van der Waals surface area contributed by atoms with E-state index in [1.165, 1.54) is 0 Å². The number of nitrogen functional groups attached to an aromatic ring is 1. The largest absolute Gasteiger partial charge is 0.497 e. The third-order valence-electron chi connectivity index (χ3n) is 3.26. The number of benzene rings is 1. The van der Waals surface area contributed by atoms with Gasteiger partial charge in [-0.2, -0.15) is 0 Å². The molecule has 1 aromatic rings. The van der Waals surface area contributed by atoms with Gasteiger partial charge in [0.2, 0.25) is 5.91 Å². The number of amides is 1. The fourth-order valence-corrected chi connectivity index (χ4v) is 1.96. The number of nitrogens with two attached hydrogens (primary N) is 1. The first-order valence-electron chi connectivity index (χ1n) is 6.51. The van der Waals surface area contributed by atoms with Crippen molar-refractivity contribution in [1.82, 2.24) is 4.90 Å². The summed E-state index contributed by atoms with van der Waals surface area (Å²) < 4.78 is 5.07. The molecule has 3 N–H and O–H groups in total. The average Bonchev–Trinajstić information content (AvgIpc) is 2.42. The monoisotopic (exact) mass is 265 g/mol. The van der Waals surface area contributed by atoms with Crippen molar-refractivity contribution in [2.45, 2.75) is 26.8 Å². The Labute approximate surface area is 114 Å². The molecule has 1 amide bonds. The fourth-order valence-electron chi connectivity index (χ4n) is 1.96. The molecular weight excluding hydrogens is 242 g/mol. The highest BCUT2D eigenvalue weighted by Gasteiger charge is 2.19. The SMILES string of the molecule is CCN(CC)C(C)C(=O)Nc1ccc(OC)cc1N. The highest BCUT2D eigenvalue weighted by atomic mass is 16.5. The van der Waals surface area contributed by atoms with Crippen LogP contribution in [0, 0.1) is 0 Å². The summed E-state index contributed by atoms with van der Waals surface area (Å²) in [7, 11) is 1.58. The van der Waals surface area contributed by atoms with Gasteiger partial charge in [0.25, 0.3) is 0 Å². The van der Waals surface area contributed by atoms with Crippen LogP contribution in [0.15, 0.2) is 18.2 Å². The van der Waals surface area contributed by atoms with Gasteiger partial charge in [-0.15, -0.1) is 0 Å². The third kappa shape index (κ3) is 3.86. The highest BCUT2D eigenvalue weighted by molar-refractivity contribution is 5.97. The molecule has 0 saturated carbocycles. The van der Waals surface area contributed by atoms with Crippen molar-refractivity contribution >= 4 is 17.3 Å². The van der Waals surface area contributed by atoms with Gasteiger partial charge < -0.3 is 15.8 Å². The normalized spacial score (nSPS) is 12.3. The number of carbonyl (C=O) groups excluding carboxylic acids is 1.